The molecule has 1 amide bonds. The Kier molecular flexibility index (Phi) is 3.89. The smallest absolute Gasteiger partial charge is 0.235 e. The molecular weight excluding hydrogens is 160 g/mol. The Morgan fingerprint density at radius 3 is 2.27 bits per heavy atom. The van der Waals surface area contributed by atoms with Gasteiger partial charge in [0.1, 0.15) is 0 Å². The maximum atomic E-state index is 10.5. The summed E-state index contributed by atoms with van der Waals surface area (Å²) in [6.07, 6.45) is 0. The van der Waals surface area contributed by atoms with Crippen LogP contribution in [-0.2, 0) is 4.79 Å². The number of hydrogen-bond donors (Lipinski definition) is 2. The summed E-state index contributed by atoms with van der Waals surface area (Å²) in [4.78, 5) is 10.5. The van der Waals surface area contributed by atoms with E-state index < -0.39 is 11.9 Å². The van der Waals surface area contributed by atoms with Crippen molar-refractivity contribution in [2.24, 2.45) is 11.5 Å². The molecule has 66 valence electrons. The zero-order chi connectivity index (χ0) is 9.07. The van der Waals surface area contributed by atoms with Gasteiger partial charge in [-0.3, -0.25) is 4.79 Å². The molecule has 0 spiro atoms. The minimum absolute atomic E-state index is 0.146. The van der Waals surface area contributed by atoms with E-state index in [2.05, 4.69) is 20.8 Å². The summed E-state index contributed by atoms with van der Waals surface area (Å²) in [5.41, 5.74) is 10.4. The topological polar surface area (TPSA) is 69.1 Å². The number of amides is 1. The Morgan fingerprint density at radius 1 is 1.55 bits per heavy atom. The molecule has 1 unspecified atom stereocenters. The molecule has 0 saturated carbocycles. The van der Waals surface area contributed by atoms with Crippen LogP contribution in [0.5, 0.6) is 0 Å². The van der Waals surface area contributed by atoms with E-state index in [4.69, 9.17) is 11.5 Å². The standard InChI is InChI=1S/C7H16N2OS/c1-7(2,3)11-4-5(8)6(9)10/h5H,4,8H2,1-3H3,(H2,9,10). The molecule has 0 fully saturated rings. The van der Waals surface area contributed by atoms with Crippen molar-refractivity contribution in [3.63, 3.8) is 0 Å². The van der Waals surface area contributed by atoms with Crippen LogP contribution >= 0.6 is 11.8 Å². The van der Waals surface area contributed by atoms with E-state index in [0.29, 0.717) is 5.75 Å². The van der Waals surface area contributed by atoms with Gasteiger partial charge in [-0.25, -0.2) is 0 Å². The predicted molar refractivity (Wildman–Crippen MR) is 49.4 cm³/mol. The van der Waals surface area contributed by atoms with Crippen LogP contribution in [0, 0.1) is 0 Å². The van der Waals surface area contributed by atoms with Gasteiger partial charge in [0, 0.05) is 10.5 Å². The maximum Gasteiger partial charge on any atom is 0.235 e. The van der Waals surface area contributed by atoms with Gasteiger partial charge in [-0.05, 0) is 0 Å². The van der Waals surface area contributed by atoms with E-state index in [-0.39, 0.29) is 4.75 Å². The van der Waals surface area contributed by atoms with Gasteiger partial charge in [-0.15, -0.1) is 0 Å². The highest BCUT2D eigenvalue weighted by atomic mass is 32.2. The number of nitrogens with two attached hydrogens (primary N) is 2. The highest BCUT2D eigenvalue weighted by Crippen LogP contribution is 2.23. The van der Waals surface area contributed by atoms with Crippen LogP contribution in [0.25, 0.3) is 0 Å². The van der Waals surface area contributed by atoms with E-state index in [1.165, 1.54) is 0 Å². The van der Waals surface area contributed by atoms with Crippen LogP contribution < -0.4 is 11.5 Å². The third kappa shape index (κ3) is 6.19. The highest BCUT2D eigenvalue weighted by molar-refractivity contribution is 8.00. The first kappa shape index (κ1) is 10.8. The first-order valence-electron chi connectivity index (χ1n) is 3.52. The van der Waals surface area contributed by atoms with Crippen LogP contribution in [0.2, 0.25) is 0 Å². The highest BCUT2D eigenvalue weighted by Gasteiger charge is 2.15. The summed E-state index contributed by atoms with van der Waals surface area (Å²) >= 11 is 1.64. The van der Waals surface area contributed by atoms with Crippen LogP contribution in [0.3, 0.4) is 0 Å². The molecule has 0 aromatic heterocycles. The van der Waals surface area contributed by atoms with Crippen molar-refractivity contribution < 1.29 is 4.79 Å². The van der Waals surface area contributed by atoms with E-state index in [0.717, 1.165) is 0 Å². The lowest BCUT2D eigenvalue weighted by Crippen LogP contribution is -2.39. The minimum Gasteiger partial charge on any atom is -0.368 e. The van der Waals surface area contributed by atoms with Crippen LogP contribution in [0.1, 0.15) is 20.8 Å². The first-order valence-corrected chi connectivity index (χ1v) is 4.50. The SMILES string of the molecule is CC(C)(C)SCC(N)C(N)=O. The number of rotatable bonds is 3. The number of hydrogen-bond acceptors (Lipinski definition) is 3. The lowest BCUT2D eigenvalue weighted by atomic mass is 10.3. The lowest BCUT2D eigenvalue weighted by molar-refractivity contribution is -0.118. The van der Waals surface area contributed by atoms with Crippen LogP contribution in [0.4, 0.5) is 0 Å². The molecule has 0 aliphatic rings. The second-order valence-electron chi connectivity index (χ2n) is 3.43. The van der Waals surface area contributed by atoms with Gasteiger partial charge >= 0.3 is 0 Å². The molecule has 0 saturated heterocycles. The molecule has 4 N–H and O–H groups in total. The van der Waals surface area contributed by atoms with Gasteiger partial charge in [0.25, 0.3) is 0 Å². The summed E-state index contributed by atoms with van der Waals surface area (Å²) in [6, 6.07) is -0.515. The minimum atomic E-state index is -0.515. The fraction of sp³-hybridized carbons (Fsp3) is 0.857. The number of carbonyl (C=O) groups excluding carboxylic acids is 1. The molecule has 0 aromatic rings. The lowest BCUT2D eigenvalue weighted by Gasteiger charge is -2.18. The van der Waals surface area contributed by atoms with E-state index in [9.17, 15) is 4.79 Å². The monoisotopic (exact) mass is 176 g/mol. The van der Waals surface area contributed by atoms with E-state index in [1.54, 1.807) is 11.8 Å². The largest absolute Gasteiger partial charge is 0.368 e. The average Bonchev–Trinajstić information content (AvgIpc) is 1.80. The molecular formula is C7H16N2OS. The van der Waals surface area contributed by atoms with Crippen LogP contribution in [-0.4, -0.2) is 22.4 Å². The summed E-state index contributed by atoms with van der Waals surface area (Å²) < 4.78 is 0.146. The Bertz CT molecular complexity index is 142. The summed E-state index contributed by atoms with van der Waals surface area (Å²) in [5, 5.41) is 0. The molecule has 1 atom stereocenters. The zero-order valence-electron chi connectivity index (χ0n) is 7.26. The summed E-state index contributed by atoms with van der Waals surface area (Å²) in [7, 11) is 0. The van der Waals surface area contributed by atoms with Crippen molar-refractivity contribution in [1.29, 1.82) is 0 Å². The fourth-order valence-electron chi connectivity index (χ4n) is 0.422. The Balaban J connectivity index is 3.63. The van der Waals surface area contributed by atoms with E-state index in [1.807, 2.05) is 0 Å². The molecule has 0 radical (unpaired) electrons. The van der Waals surface area contributed by atoms with Crippen molar-refractivity contribution in [3.8, 4) is 0 Å². The van der Waals surface area contributed by atoms with Gasteiger partial charge in [0.2, 0.25) is 5.91 Å². The molecule has 0 rings (SSSR count). The Hall–Kier alpha value is -0.220. The van der Waals surface area contributed by atoms with Gasteiger partial charge < -0.3 is 11.5 Å². The molecule has 0 aliphatic carbocycles. The quantitative estimate of drug-likeness (QED) is 0.651. The zero-order valence-corrected chi connectivity index (χ0v) is 8.07. The number of primary amides is 1. The van der Waals surface area contributed by atoms with Gasteiger partial charge in [-0.1, -0.05) is 20.8 Å². The summed E-state index contributed by atoms with van der Waals surface area (Å²) in [5.74, 6) is 0.167. The van der Waals surface area contributed by atoms with Crippen LogP contribution in [0.15, 0.2) is 0 Å². The number of carbonyl (C=O) groups is 1. The predicted octanol–water partition coefficient (Wildman–Crippen LogP) is 0.331. The molecule has 4 heteroatoms. The Labute approximate surface area is 71.9 Å². The maximum absolute atomic E-state index is 10.5. The fourth-order valence-corrected chi connectivity index (χ4v) is 1.27. The molecule has 3 nitrogen and oxygen atoms in total. The van der Waals surface area contributed by atoms with Gasteiger partial charge in [0.15, 0.2) is 0 Å². The first-order chi connectivity index (χ1) is 4.83. The van der Waals surface area contributed by atoms with Gasteiger partial charge in [-0.2, -0.15) is 11.8 Å². The van der Waals surface area contributed by atoms with E-state index >= 15 is 0 Å². The normalized spacial score (nSPS) is 14.5. The molecule has 0 bridgehead atoms. The molecule has 11 heavy (non-hydrogen) atoms. The van der Waals surface area contributed by atoms with Crippen molar-refractivity contribution in [2.75, 3.05) is 5.75 Å². The van der Waals surface area contributed by atoms with Crippen molar-refractivity contribution in [3.05, 3.63) is 0 Å². The van der Waals surface area contributed by atoms with Crippen molar-refractivity contribution in [2.45, 2.75) is 31.6 Å². The summed E-state index contributed by atoms with van der Waals surface area (Å²) in [6.45, 7) is 6.22. The molecule has 0 heterocycles. The van der Waals surface area contributed by atoms with Crippen molar-refractivity contribution >= 4 is 17.7 Å². The van der Waals surface area contributed by atoms with Gasteiger partial charge in [0.05, 0.1) is 6.04 Å². The second kappa shape index (κ2) is 3.97. The average molecular weight is 176 g/mol. The molecule has 0 aromatic carbocycles. The third-order valence-electron chi connectivity index (χ3n) is 1.06. The Morgan fingerprint density at radius 2 is 2.00 bits per heavy atom. The number of thioether (sulfide) groups is 1. The van der Waals surface area contributed by atoms with Crippen molar-refractivity contribution in [1.82, 2.24) is 0 Å². The molecule has 0 aliphatic heterocycles. The second-order valence-corrected chi connectivity index (χ2v) is 5.28. The third-order valence-corrected chi connectivity index (χ3v) is 2.45.